The van der Waals surface area contributed by atoms with Crippen LogP contribution in [0.4, 0.5) is 11.4 Å². The van der Waals surface area contributed by atoms with E-state index in [1.54, 1.807) is 18.3 Å². The molecule has 0 aliphatic carbocycles. The van der Waals surface area contributed by atoms with Crippen molar-refractivity contribution in [1.82, 2.24) is 10.2 Å². The van der Waals surface area contributed by atoms with Crippen molar-refractivity contribution in [2.75, 3.05) is 18.6 Å². The van der Waals surface area contributed by atoms with Gasteiger partial charge in [0, 0.05) is 30.1 Å². The minimum atomic E-state index is -0.708. The van der Waals surface area contributed by atoms with Crippen molar-refractivity contribution in [1.29, 1.82) is 0 Å². The number of aromatic nitrogens is 2. The third-order valence-electron chi connectivity index (χ3n) is 4.32. The quantitative estimate of drug-likeness (QED) is 0.525. The zero-order chi connectivity index (χ0) is 17.1. The van der Waals surface area contributed by atoms with Gasteiger partial charge in [0.05, 0.1) is 24.3 Å². The summed E-state index contributed by atoms with van der Waals surface area (Å²) >= 11 is 0. The number of nitrogens with one attached hydrogen (secondary N) is 1. The molecule has 1 aliphatic rings. The second-order valence-corrected chi connectivity index (χ2v) is 5.69. The minimum Gasteiger partial charge on any atom is -0.465 e. The summed E-state index contributed by atoms with van der Waals surface area (Å²) in [5, 5.41) is 18.0. The van der Waals surface area contributed by atoms with Crippen molar-refractivity contribution in [3.8, 4) is 0 Å². The Morgan fingerprint density at radius 3 is 2.96 bits per heavy atom. The van der Waals surface area contributed by atoms with Crippen LogP contribution in [0.1, 0.15) is 41.2 Å². The highest BCUT2D eigenvalue weighted by atomic mass is 16.6. The molecule has 0 amide bonds. The standard InChI is InChI=1S/C16H18N4O4/c1-24-16(21)13-8-12(5-6-15(13)20(22)23)19-7-3-2-4-14(19)11-9-17-18-10-11/h5-6,8-10,14H,2-4,7H2,1H3,(H,17,18). The molecule has 0 radical (unpaired) electrons. The number of nitrogens with zero attached hydrogens (tertiary/aromatic N) is 3. The number of H-pyrrole nitrogens is 1. The zero-order valence-electron chi connectivity index (χ0n) is 13.3. The van der Waals surface area contributed by atoms with E-state index >= 15 is 0 Å². The maximum absolute atomic E-state index is 11.9. The number of ether oxygens (including phenoxy) is 1. The normalized spacial score (nSPS) is 17.5. The van der Waals surface area contributed by atoms with Gasteiger partial charge in [-0.15, -0.1) is 0 Å². The number of nitro groups is 1. The zero-order valence-corrected chi connectivity index (χ0v) is 13.3. The van der Waals surface area contributed by atoms with Gasteiger partial charge in [0.1, 0.15) is 5.56 Å². The van der Waals surface area contributed by atoms with Gasteiger partial charge in [-0.25, -0.2) is 4.79 Å². The third-order valence-corrected chi connectivity index (χ3v) is 4.32. The van der Waals surface area contributed by atoms with Gasteiger partial charge in [-0.2, -0.15) is 5.10 Å². The molecule has 8 heteroatoms. The molecule has 1 aromatic carbocycles. The van der Waals surface area contributed by atoms with Gasteiger partial charge in [0.25, 0.3) is 5.69 Å². The SMILES string of the molecule is COC(=O)c1cc(N2CCCCC2c2cn[nH]c2)ccc1[N+](=O)[O-]. The molecule has 24 heavy (non-hydrogen) atoms. The summed E-state index contributed by atoms with van der Waals surface area (Å²) in [4.78, 5) is 24.7. The summed E-state index contributed by atoms with van der Waals surface area (Å²) < 4.78 is 4.69. The molecule has 8 nitrogen and oxygen atoms in total. The number of hydrogen-bond acceptors (Lipinski definition) is 6. The van der Waals surface area contributed by atoms with E-state index in [-0.39, 0.29) is 17.3 Å². The Hall–Kier alpha value is -2.90. The number of carbonyl (C=O) groups is 1. The third kappa shape index (κ3) is 2.94. The number of rotatable bonds is 4. The van der Waals surface area contributed by atoms with Gasteiger partial charge in [-0.3, -0.25) is 15.2 Å². The maximum atomic E-state index is 11.9. The first-order valence-corrected chi connectivity index (χ1v) is 7.74. The first-order chi connectivity index (χ1) is 11.6. The van der Waals surface area contributed by atoms with Crippen LogP contribution in [-0.4, -0.2) is 34.7 Å². The summed E-state index contributed by atoms with van der Waals surface area (Å²) in [7, 11) is 1.22. The Kier molecular flexibility index (Phi) is 4.45. The van der Waals surface area contributed by atoms with Gasteiger partial charge in [0.2, 0.25) is 0 Å². The van der Waals surface area contributed by atoms with E-state index in [0.29, 0.717) is 0 Å². The van der Waals surface area contributed by atoms with E-state index in [2.05, 4.69) is 15.1 Å². The number of anilines is 1. The number of hydrogen-bond donors (Lipinski definition) is 1. The summed E-state index contributed by atoms with van der Waals surface area (Å²) in [6.07, 6.45) is 6.73. The summed E-state index contributed by atoms with van der Waals surface area (Å²) in [5.74, 6) is -0.708. The molecule has 0 spiro atoms. The van der Waals surface area contributed by atoms with Crippen molar-refractivity contribution in [2.45, 2.75) is 25.3 Å². The number of piperidine rings is 1. The second-order valence-electron chi connectivity index (χ2n) is 5.69. The first kappa shape index (κ1) is 16.0. The number of methoxy groups -OCH3 is 1. The molecule has 0 saturated carbocycles. The van der Waals surface area contributed by atoms with Crippen LogP contribution >= 0.6 is 0 Å². The summed E-state index contributed by atoms with van der Waals surface area (Å²) in [6.45, 7) is 0.814. The van der Waals surface area contributed by atoms with E-state index in [0.717, 1.165) is 37.1 Å². The largest absolute Gasteiger partial charge is 0.465 e. The number of nitro benzene ring substituents is 1. The molecular formula is C16H18N4O4. The van der Waals surface area contributed by atoms with Crippen LogP contribution < -0.4 is 4.90 Å². The van der Waals surface area contributed by atoms with Crippen molar-refractivity contribution < 1.29 is 14.5 Å². The predicted octanol–water partition coefficient (Wildman–Crippen LogP) is 2.84. The van der Waals surface area contributed by atoms with E-state index in [1.807, 2.05) is 6.20 Å². The van der Waals surface area contributed by atoms with E-state index in [4.69, 9.17) is 4.74 Å². The molecule has 126 valence electrons. The molecule has 1 unspecified atom stereocenters. The molecular weight excluding hydrogens is 312 g/mol. The number of carbonyl (C=O) groups excluding carboxylic acids is 1. The van der Waals surface area contributed by atoms with Gasteiger partial charge in [0.15, 0.2) is 0 Å². The van der Waals surface area contributed by atoms with Crippen LogP contribution in [0, 0.1) is 10.1 Å². The van der Waals surface area contributed by atoms with E-state index in [9.17, 15) is 14.9 Å². The number of esters is 1. The number of benzene rings is 1. The van der Waals surface area contributed by atoms with Crippen molar-refractivity contribution in [3.05, 3.63) is 51.8 Å². The molecule has 1 fully saturated rings. The van der Waals surface area contributed by atoms with Gasteiger partial charge >= 0.3 is 5.97 Å². The molecule has 1 aromatic heterocycles. The summed E-state index contributed by atoms with van der Waals surface area (Å²) in [6, 6.07) is 4.72. The highest BCUT2D eigenvalue weighted by Crippen LogP contribution is 2.36. The molecule has 1 atom stereocenters. The Morgan fingerprint density at radius 2 is 2.29 bits per heavy atom. The number of aromatic amines is 1. The molecule has 1 aliphatic heterocycles. The lowest BCUT2D eigenvalue weighted by atomic mass is 9.96. The van der Waals surface area contributed by atoms with Crippen LogP contribution in [0.25, 0.3) is 0 Å². The lowest BCUT2D eigenvalue weighted by Gasteiger charge is -2.37. The van der Waals surface area contributed by atoms with Gasteiger partial charge < -0.3 is 9.64 Å². The molecule has 2 heterocycles. The molecule has 3 rings (SSSR count). The average Bonchev–Trinajstić information content (AvgIpc) is 3.15. The second kappa shape index (κ2) is 6.69. The Labute approximate surface area is 138 Å². The van der Waals surface area contributed by atoms with Crippen LogP contribution in [0.5, 0.6) is 0 Å². The highest BCUT2D eigenvalue weighted by Gasteiger charge is 2.28. The van der Waals surface area contributed by atoms with Crippen LogP contribution in [0.15, 0.2) is 30.6 Å². The van der Waals surface area contributed by atoms with Crippen LogP contribution in [0.2, 0.25) is 0 Å². The van der Waals surface area contributed by atoms with Gasteiger partial charge in [-0.1, -0.05) is 0 Å². The molecule has 1 N–H and O–H groups in total. The van der Waals surface area contributed by atoms with E-state index in [1.165, 1.54) is 13.2 Å². The van der Waals surface area contributed by atoms with Crippen LogP contribution in [0.3, 0.4) is 0 Å². The smallest absolute Gasteiger partial charge is 0.344 e. The minimum absolute atomic E-state index is 0.0310. The average molecular weight is 330 g/mol. The summed E-state index contributed by atoms with van der Waals surface area (Å²) in [5.41, 5.74) is 1.55. The van der Waals surface area contributed by atoms with Crippen molar-refractivity contribution in [2.24, 2.45) is 0 Å². The Bertz CT molecular complexity index is 745. The predicted molar refractivity (Wildman–Crippen MR) is 87.0 cm³/mol. The fraction of sp³-hybridized carbons (Fsp3) is 0.375. The van der Waals surface area contributed by atoms with Crippen LogP contribution in [-0.2, 0) is 4.74 Å². The topological polar surface area (TPSA) is 101 Å². The molecule has 1 saturated heterocycles. The maximum Gasteiger partial charge on any atom is 0.344 e. The Balaban J connectivity index is 2.01. The van der Waals surface area contributed by atoms with Crippen molar-refractivity contribution >= 4 is 17.3 Å². The lowest BCUT2D eigenvalue weighted by molar-refractivity contribution is -0.385. The lowest BCUT2D eigenvalue weighted by Crippen LogP contribution is -2.33. The fourth-order valence-corrected chi connectivity index (χ4v) is 3.17. The van der Waals surface area contributed by atoms with Gasteiger partial charge in [-0.05, 0) is 31.4 Å². The fourth-order valence-electron chi connectivity index (χ4n) is 3.17. The Morgan fingerprint density at radius 1 is 1.46 bits per heavy atom. The van der Waals surface area contributed by atoms with E-state index < -0.39 is 10.9 Å². The molecule has 0 bridgehead atoms. The van der Waals surface area contributed by atoms with Crippen molar-refractivity contribution in [3.63, 3.8) is 0 Å². The first-order valence-electron chi connectivity index (χ1n) is 7.74. The monoisotopic (exact) mass is 330 g/mol. The molecule has 2 aromatic rings. The highest BCUT2D eigenvalue weighted by molar-refractivity contribution is 5.95.